The molecule has 1 saturated heterocycles. The first-order chi connectivity index (χ1) is 12.5. The molecular weight excluding hydrogens is 356 g/mol. The second-order valence-corrected chi connectivity index (χ2v) is 8.80. The molecule has 2 aromatic rings. The second-order valence-electron chi connectivity index (χ2n) is 7.23. The van der Waals surface area contributed by atoms with Gasteiger partial charge in [0.15, 0.2) is 0 Å². The van der Waals surface area contributed by atoms with Crippen LogP contribution in [0.2, 0.25) is 0 Å². The van der Waals surface area contributed by atoms with Gasteiger partial charge in [-0.15, -0.1) is 0 Å². The summed E-state index contributed by atoms with van der Waals surface area (Å²) < 4.78 is 37.4. The highest BCUT2D eigenvalue weighted by Crippen LogP contribution is 2.27. The Bertz CT molecular complexity index is 934. The van der Waals surface area contributed by atoms with Crippen molar-refractivity contribution in [3.63, 3.8) is 0 Å². The number of nitrogens with zero attached hydrogens (tertiary/aromatic N) is 1. The van der Waals surface area contributed by atoms with Crippen LogP contribution in [0.3, 0.4) is 0 Å². The van der Waals surface area contributed by atoms with Gasteiger partial charge in [-0.3, -0.25) is 8.75 Å². The van der Waals surface area contributed by atoms with Crippen molar-refractivity contribution in [2.45, 2.75) is 56.1 Å². The molecule has 1 N–H and O–H groups in total. The van der Waals surface area contributed by atoms with E-state index in [0.29, 0.717) is 18.0 Å². The number of rotatable bonds is 5. The zero-order valence-corrected chi connectivity index (χ0v) is 15.5. The molecular formula is C18H24N2O5S. The molecule has 7 nitrogen and oxygen atoms in total. The standard InChI is InChI=1S/C18H24N2O5S/c21-18-19-16-11-15(26(22,23)25-14-3-1-2-4-14)5-6-17(16)20(18)12-13-7-9-24-10-8-13/h5-6,11,13-14H,1-4,7-10,12H2,(H,19,21). The highest BCUT2D eigenvalue weighted by molar-refractivity contribution is 7.86. The minimum Gasteiger partial charge on any atom is -0.381 e. The average molecular weight is 380 g/mol. The Labute approximate surface area is 152 Å². The molecule has 0 unspecified atom stereocenters. The van der Waals surface area contributed by atoms with Crippen LogP contribution in [-0.4, -0.2) is 37.3 Å². The lowest BCUT2D eigenvalue weighted by Crippen LogP contribution is -2.25. The highest BCUT2D eigenvalue weighted by atomic mass is 32.2. The van der Waals surface area contributed by atoms with E-state index in [-0.39, 0.29) is 16.7 Å². The summed E-state index contributed by atoms with van der Waals surface area (Å²) in [6.45, 7) is 2.07. The minimum atomic E-state index is -3.81. The molecule has 1 aromatic carbocycles. The fourth-order valence-electron chi connectivity index (χ4n) is 3.89. The van der Waals surface area contributed by atoms with E-state index in [4.69, 9.17) is 8.92 Å². The number of imidazole rings is 1. The summed E-state index contributed by atoms with van der Waals surface area (Å²) in [5.74, 6) is 0.398. The molecule has 0 bridgehead atoms. The van der Waals surface area contributed by atoms with E-state index in [1.807, 2.05) is 0 Å². The molecule has 0 spiro atoms. The summed E-state index contributed by atoms with van der Waals surface area (Å²) in [6, 6.07) is 4.72. The average Bonchev–Trinajstić information content (AvgIpc) is 3.23. The number of nitrogens with one attached hydrogen (secondary N) is 1. The summed E-state index contributed by atoms with van der Waals surface area (Å²) in [5.41, 5.74) is 1.04. The van der Waals surface area contributed by atoms with Crippen molar-refractivity contribution < 1.29 is 17.3 Å². The zero-order chi connectivity index (χ0) is 18.1. The van der Waals surface area contributed by atoms with E-state index in [2.05, 4.69) is 4.98 Å². The number of benzene rings is 1. The molecule has 142 valence electrons. The Balaban J connectivity index is 1.60. The predicted molar refractivity (Wildman–Crippen MR) is 96.6 cm³/mol. The van der Waals surface area contributed by atoms with Crippen molar-refractivity contribution in [1.29, 1.82) is 0 Å². The van der Waals surface area contributed by atoms with E-state index in [9.17, 15) is 13.2 Å². The maximum Gasteiger partial charge on any atom is 0.326 e. The van der Waals surface area contributed by atoms with Crippen molar-refractivity contribution in [3.05, 3.63) is 28.7 Å². The van der Waals surface area contributed by atoms with Gasteiger partial charge in [0.1, 0.15) is 0 Å². The summed E-state index contributed by atoms with van der Waals surface area (Å²) >= 11 is 0. The van der Waals surface area contributed by atoms with E-state index in [1.54, 1.807) is 10.6 Å². The molecule has 2 aliphatic rings. The Morgan fingerprint density at radius 1 is 1.15 bits per heavy atom. The van der Waals surface area contributed by atoms with Gasteiger partial charge in [0.2, 0.25) is 0 Å². The van der Waals surface area contributed by atoms with E-state index in [1.165, 1.54) is 12.1 Å². The number of H-pyrrole nitrogens is 1. The van der Waals surface area contributed by atoms with Crippen LogP contribution in [0.5, 0.6) is 0 Å². The van der Waals surface area contributed by atoms with Gasteiger partial charge in [0.25, 0.3) is 10.1 Å². The van der Waals surface area contributed by atoms with Gasteiger partial charge < -0.3 is 9.72 Å². The molecule has 0 atom stereocenters. The van der Waals surface area contributed by atoms with Gasteiger partial charge in [-0.1, -0.05) is 12.8 Å². The van der Waals surface area contributed by atoms with Gasteiger partial charge in [-0.25, -0.2) is 4.79 Å². The van der Waals surface area contributed by atoms with Crippen LogP contribution in [0.25, 0.3) is 11.0 Å². The molecule has 1 aromatic heterocycles. The largest absolute Gasteiger partial charge is 0.381 e. The first kappa shape index (κ1) is 17.8. The maximum absolute atomic E-state index is 12.5. The van der Waals surface area contributed by atoms with Crippen molar-refractivity contribution >= 4 is 21.2 Å². The third kappa shape index (κ3) is 3.58. The smallest absolute Gasteiger partial charge is 0.326 e. The van der Waals surface area contributed by atoms with Crippen LogP contribution >= 0.6 is 0 Å². The summed E-state index contributed by atoms with van der Waals surface area (Å²) in [6.07, 6.45) is 5.19. The maximum atomic E-state index is 12.5. The van der Waals surface area contributed by atoms with Crippen LogP contribution in [0.15, 0.2) is 27.9 Å². The van der Waals surface area contributed by atoms with Gasteiger partial charge in [-0.2, -0.15) is 8.42 Å². The molecule has 4 rings (SSSR count). The fourth-order valence-corrected chi connectivity index (χ4v) is 5.04. The summed E-state index contributed by atoms with van der Waals surface area (Å²) in [4.78, 5) is 15.2. The van der Waals surface area contributed by atoms with Crippen LogP contribution in [0.1, 0.15) is 38.5 Å². The molecule has 1 aliphatic carbocycles. The number of hydrogen-bond donors (Lipinski definition) is 1. The lowest BCUT2D eigenvalue weighted by atomic mass is 10.0. The lowest BCUT2D eigenvalue weighted by Gasteiger charge is -2.22. The quantitative estimate of drug-likeness (QED) is 0.805. The van der Waals surface area contributed by atoms with Gasteiger partial charge in [-0.05, 0) is 49.8 Å². The minimum absolute atomic E-state index is 0.0939. The number of hydrogen-bond acceptors (Lipinski definition) is 5. The Morgan fingerprint density at radius 2 is 1.88 bits per heavy atom. The normalized spacial score (nSPS) is 20.2. The molecule has 2 heterocycles. The molecule has 0 amide bonds. The Kier molecular flexibility index (Phi) is 4.90. The van der Waals surface area contributed by atoms with Gasteiger partial charge >= 0.3 is 5.69 Å². The van der Waals surface area contributed by atoms with Gasteiger partial charge in [0.05, 0.1) is 22.0 Å². The monoisotopic (exact) mass is 380 g/mol. The van der Waals surface area contributed by atoms with Crippen LogP contribution in [-0.2, 0) is 25.6 Å². The first-order valence-corrected chi connectivity index (χ1v) is 10.7. The van der Waals surface area contributed by atoms with E-state index in [0.717, 1.165) is 57.3 Å². The molecule has 1 saturated carbocycles. The molecule has 26 heavy (non-hydrogen) atoms. The highest BCUT2D eigenvalue weighted by Gasteiger charge is 2.25. The van der Waals surface area contributed by atoms with Crippen LogP contribution in [0.4, 0.5) is 0 Å². The summed E-state index contributed by atoms with van der Waals surface area (Å²) in [7, 11) is -3.81. The summed E-state index contributed by atoms with van der Waals surface area (Å²) in [5, 5.41) is 0. The lowest BCUT2D eigenvalue weighted by molar-refractivity contribution is 0.0613. The van der Waals surface area contributed by atoms with E-state index >= 15 is 0 Å². The van der Waals surface area contributed by atoms with Crippen molar-refractivity contribution in [2.24, 2.45) is 5.92 Å². The number of aromatic amines is 1. The third-order valence-corrected chi connectivity index (χ3v) is 6.74. The topological polar surface area (TPSA) is 90.4 Å². The number of aromatic nitrogens is 2. The Hall–Kier alpha value is -1.64. The molecule has 2 fully saturated rings. The third-order valence-electron chi connectivity index (χ3n) is 5.38. The predicted octanol–water partition coefficient (Wildman–Crippen LogP) is 2.40. The van der Waals surface area contributed by atoms with Crippen molar-refractivity contribution in [3.8, 4) is 0 Å². The SMILES string of the molecule is O=c1[nH]c2cc(S(=O)(=O)OC3CCCC3)ccc2n1CC1CCOCC1. The van der Waals surface area contributed by atoms with Crippen LogP contribution in [0, 0.1) is 5.92 Å². The van der Waals surface area contributed by atoms with E-state index < -0.39 is 10.1 Å². The van der Waals surface area contributed by atoms with Gasteiger partial charge in [0, 0.05) is 19.8 Å². The fraction of sp³-hybridized carbons (Fsp3) is 0.611. The first-order valence-electron chi connectivity index (χ1n) is 9.26. The van der Waals surface area contributed by atoms with Crippen molar-refractivity contribution in [1.82, 2.24) is 9.55 Å². The molecule has 0 radical (unpaired) electrons. The number of ether oxygens (including phenoxy) is 1. The Morgan fingerprint density at radius 3 is 2.62 bits per heavy atom. The second kappa shape index (κ2) is 7.17. The number of fused-ring (bicyclic) bond motifs is 1. The van der Waals surface area contributed by atoms with Crippen molar-refractivity contribution in [2.75, 3.05) is 13.2 Å². The van der Waals surface area contributed by atoms with Crippen LogP contribution < -0.4 is 5.69 Å². The molecule has 8 heteroatoms. The zero-order valence-electron chi connectivity index (χ0n) is 14.6. The molecule has 1 aliphatic heterocycles.